The van der Waals surface area contributed by atoms with Gasteiger partial charge in [-0.2, -0.15) is 0 Å². The van der Waals surface area contributed by atoms with Crippen LogP contribution in [0.5, 0.6) is 0 Å². The number of amides is 1. The number of aromatic nitrogens is 2. The van der Waals surface area contributed by atoms with Crippen molar-refractivity contribution >= 4 is 22.8 Å². The Morgan fingerprint density at radius 2 is 2.00 bits per heavy atom. The van der Waals surface area contributed by atoms with E-state index in [1.54, 1.807) is 37.5 Å². The Morgan fingerprint density at radius 1 is 1.27 bits per heavy atom. The number of aliphatic carboxylic acids is 1. The summed E-state index contributed by atoms with van der Waals surface area (Å²) in [4.78, 5) is 30.7. The summed E-state index contributed by atoms with van der Waals surface area (Å²) < 4.78 is 13.6. The fraction of sp³-hybridized carbons (Fsp3) is 0.211. The highest BCUT2D eigenvalue weighted by atomic mass is 19.1. The molecule has 2 aromatic heterocycles. The average Bonchev–Trinajstić information content (AvgIpc) is 3.07. The zero-order valence-electron chi connectivity index (χ0n) is 14.1. The molecule has 0 fully saturated rings. The van der Waals surface area contributed by atoms with Crippen LogP contribution < -0.4 is 5.32 Å². The van der Waals surface area contributed by atoms with E-state index in [-0.39, 0.29) is 17.9 Å². The van der Waals surface area contributed by atoms with Gasteiger partial charge in [0.05, 0.1) is 0 Å². The van der Waals surface area contributed by atoms with Crippen LogP contribution in [0.3, 0.4) is 0 Å². The first-order valence-electron chi connectivity index (χ1n) is 8.16. The minimum Gasteiger partial charge on any atom is -0.480 e. The molecule has 3 rings (SSSR count). The van der Waals surface area contributed by atoms with Crippen LogP contribution in [0.2, 0.25) is 0 Å². The minimum atomic E-state index is -1.11. The Hall–Kier alpha value is -3.22. The van der Waals surface area contributed by atoms with E-state index in [4.69, 9.17) is 0 Å². The summed E-state index contributed by atoms with van der Waals surface area (Å²) in [5, 5.41) is 12.5. The summed E-state index contributed by atoms with van der Waals surface area (Å²) in [6.45, 7) is 1.63. The second kappa shape index (κ2) is 7.35. The van der Waals surface area contributed by atoms with Gasteiger partial charge in [0.1, 0.15) is 17.6 Å². The second-order valence-electron chi connectivity index (χ2n) is 6.08. The second-order valence-corrected chi connectivity index (χ2v) is 6.08. The Labute approximate surface area is 149 Å². The fourth-order valence-corrected chi connectivity index (χ4v) is 2.80. The molecule has 0 aliphatic rings. The molecule has 26 heavy (non-hydrogen) atoms. The number of nitrogens with one attached hydrogen (secondary N) is 2. The number of carbonyl (C=O) groups excluding carboxylic acids is 1. The fourth-order valence-electron chi connectivity index (χ4n) is 2.80. The summed E-state index contributed by atoms with van der Waals surface area (Å²) in [5.41, 5.74) is 2.20. The van der Waals surface area contributed by atoms with Crippen LogP contribution >= 0.6 is 0 Å². The van der Waals surface area contributed by atoms with Crippen molar-refractivity contribution < 1.29 is 19.1 Å². The summed E-state index contributed by atoms with van der Waals surface area (Å²) in [5.74, 6) is -2.00. The SMILES string of the molecule is Cc1c(F)ccc2[nH]c(C(=O)NC(CCc3ccncc3)C(=O)O)cc12. The van der Waals surface area contributed by atoms with Crippen molar-refractivity contribution in [3.05, 3.63) is 65.4 Å². The van der Waals surface area contributed by atoms with Gasteiger partial charge in [-0.05, 0) is 61.2 Å². The van der Waals surface area contributed by atoms with E-state index in [2.05, 4.69) is 15.3 Å². The van der Waals surface area contributed by atoms with Gasteiger partial charge in [0, 0.05) is 23.3 Å². The van der Waals surface area contributed by atoms with Crippen molar-refractivity contribution in [1.29, 1.82) is 0 Å². The van der Waals surface area contributed by atoms with Crippen molar-refractivity contribution in [2.45, 2.75) is 25.8 Å². The maximum absolute atomic E-state index is 13.6. The van der Waals surface area contributed by atoms with Crippen LogP contribution in [0.4, 0.5) is 4.39 Å². The largest absolute Gasteiger partial charge is 0.480 e. The van der Waals surface area contributed by atoms with Gasteiger partial charge in [-0.1, -0.05) is 0 Å². The van der Waals surface area contributed by atoms with Gasteiger partial charge in [0.2, 0.25) is 0 Å². The third kappa shape index (κ3) is 3.72. The van der Waals surface area contributed by atoms with Gasteiger partial charge in [-0.15, -0.1) is 0 Å². The van der Waals surface area contributed by atoms with Crippen LogP contribution in [-0.4, -0.2) is 33.0 Å². The molecule has 0 radical (unpaired) electrons. The number of nitrogens with zero attached hydrogens (tertiary/aromatic N) is 1. The van der Waals surface area contributed by atoms with Gasteiger partial charge >= 0.3 is 5.97 Å². The summed E-state index contributed by atoms with van der Waals surface area (Å²) in [6, 6.07) is 6.98. The highest BCUT2D eigenvalue weighted by Gasteiger charge is 2.22. The number of benzene rings is 1. The molecule has 6 nitrogen and oxygen atoms in total. The summed E-state index contributed by atoms with van der Waals surface area (Å²) in [7, 11) is 0. The first-order valence-corrected chi connectivity index (χ1v) is 8.16. The molecular weight excluding hydrogens is 337 g/mol. The number of pyridine rings is 1. The zero-order valence-corrected chi connectivity index (χ0v) is 14.1. The van der Waals surface area contributed by atoms with E-state index in [0.29, 0.717) is 22.9 Å². The number of aromatic amines is 1. The topological polar surface area (TPSA) is 95.1 Å². The number of carboxylic acids is 1. The molecule has 2 heterocycles. The monoisotopic (exact) mass is 355 g/mol. The maximum Gasteiger partial charge on any atom is 0.326 e. The van der Waals surface area contributed by atoms with Crippen molar-refractivity contribution in [3.63, 3.8) is 0 Å². The van der Waals surface area contributed by atoms with Crippen LogP contribution in [0.25, 0.3) is 10.9 Å². The molecule has 1 unspecified atom stereocenters. The molecule has 3 N–H and O–H groups in total. The van der Waals surface area contributed by atoms with Crippen LogP contribution in [-0.2, 0) is 11.2 Å². The molecule has 1 aromatic carbocycles. The number of H-pyrrole nitrogens is 1. The number of carbonyl (C=O) groups is 2. The van der Waals surface area contributed by atoms with Gasteiger partial charge in [-0.3, -0.25) is 9.78 Å². The van der Waals surface area contributed by atoms with Gasteiger partial charge in [-0.25, -0.2) is 9.18 Å². The van der Waals surface area contributed by atoms with E-state index < -0.39 is 17.9 Å². The smallest absolute Gasteiger partial charge is 0.326 e. The van der Waals surface area contributed by atoms with E-state index in [9.17, 15) is 19.1 Å². The molecule has 3 aromatic rings. The van der Waals surface area contributed by atoms with Crippen LogP contribution in [0.15, 0.2) is 42.7 Å². The molecule has 134 valence electrons. The minimum absolute atomic E-state index is 0.198. The first-order chi connectivity index (χ1) is 12.5. The molecule has 1 amide bonds. The van der Waals surface area contributed by atoms with Gasteiger partial charge in [0.15, 0.2) is 0 Å². The first kappa shape index (κ1) is 17.6. The molecule has 7 heteroatoms. The lowest BCUT2D eigenvalue weighted by atomic mass is 10.1. The quantitative estimate of drug-likeness (QED) is 0.634. The number of rotatable bonds is 6. The predicted octanol–water partition coefficient (Wildman–Crippen LogP) is 2.83. The Kier molecular flexibility index (Phi) is 4.97. The normalized spacial score (nSPS) is 12.1. The standard InChI is InChI=1S/C19H18FN3O3/c1-11-13-10-17(22-15(13)5-3-14(11)20)18(24)23-16(19(25)26)4-2-12-6-8-21-9-7-12/h3,5-10,16,22H,2,4H2,1H3,(H,23,24)(H,25,26). The predicted molar refractivity (Wildman–Crippen MR) is 94.4 cm³/mol. The Bertz CT molecular complexity index is 953. The number of hydrogen-bond donors (Lipinski definition) is 3. The van der Waals surface area contributed by atoms with Crippen molar-refractivity contribution in [1.82, 2.24) is 15.3 Å². The van der Waals surface area contributed by atoms with Gasteiger partial charge in [0.25, 0.3) is 5.91 Å². The molecular formula is C19H18FN3O3. The van der Waals surface area contributed by atoms with E-state index in [1.165, 1.54) is 12.1 Å². The highest BCUT2D eigenvalue weighted by molar-refractivity contribution is 6.00. The van der Waals surface area contributed by atoms with E-state index >= 15 is 0 Å². The molecule has 1 atom stereocenters. The lowest BCUT2D eigenvalue weighted by Crippen LogP contribution is -2.41. The molecule has 0 saturated heterocycles. The number of aryl methyl sites for hydroxylation is 2. The van der Waals surface area contributed by atoms with Crippen molar-refractivity contribution in [2.75, 3.05) is 0 Å². The number of halogens is 1. The van der Waals surface area contributed by atoms with Gasteiger partial charge < -0.3 is 15.4 Å². The number of carboxylic acid groups (broad SMARTS) is 1. The number of hydrogen-bond acceptors (Lipinski definition) is 3. The molecule has 0 saturated carbocycles. The van der Waals surface area contributed by atoms with Crippen molar-refractivity contribution in [2.24, 2.45) is 0 Å². The molecule has 0 aliphatic heterocycles. The molecule has 0 spiro atoms. The summed E-state index contributed by atoms with van der Waals surface area (Å²) >= 11 is 0. The lowest BCUT2D eigenvalue weighted by Gasteiger charge is -2.14. The zero-order chi connectivity index (χ0) is 18.7. The van der Waals surface area contributed by atoms with E-state index in [1.807, 2.05) is 0 Å². The van der Waals surface area contributed by atoms with Crippen LogP contribution in [0, 0.1) is 12.7 Å². The molecule has 0 aliphatic carbocycles. The van der Waals surface area contributed by atoms with Crippen LogP contribution in [0.1, 0.15) is 28.0 Å². The maximum atomic E-state index is 13.6. The van der Waals surface area contributed by atoms with Crippen molar-refractivity contribution in [3.8, 4) is 0 Å². The average molecular weight is 355 g/mol. The van der Waals surface area contributed by atoms with E-state index in [0.717, 1.165) is 5.56 Å². The third-order valence-electron chi connectivity index (χ3n) is 4.33. The lowest BCUT2D eigenvalue weighted by molar-refractivity contribution is -0.139. The molecule has 0 bridgehead atoms. The Balaban J connectivity index is 1.73. The number of fused-ring (bicyclic) bond motifs is 1. The third-order valence-corrected chi connectivity index (χ3v) is 4.33. The highest BCUT2D eigenvalue weighted by Crippen LogP contribution is 2.22. The summed E-state index contributed by atoms with van der Waals surface area (Å²) in [6.07, 6.45) is 4.01. The Morgan fingerprint density at radius 3 is 2.69 bits per heavy atom.